The van der Waals surface area contributed by atoms with Crippen molar-refractivity contribution < 1.29 is 19.1 Å². The third-order valence-corrected chi connectivity index (χ3v) is 6.43. The van der Waals surface area contributed by atoms with Gasteiger partial charge in [-0.25, -0.2) is 4.98 Å². The summed E-state index contributed by atoms with van der Waals surface area (Å²) in [5.41, 5.74) is 1.93. The average Bonchev–Trinajstić information content (AvgIpc) is 3.22. The number of thiazole rings is 1. The number of hydrogen-bond donors (Lipinski definition) is 0. The molecular formula is C25H27N3O4S. The summed E-state index contributed by atoms with van der Waals surface area (Å²) in [7, 11) is 1.56. The van der Waals surface area contributed by atoms with Gasteiger partial charge < -0.3 is 19.3 Å². The second kappa shape index (κ2) is 10.5. The number of hydrogen-bond acceptors (Lipinski definition) is 6. The lowest BCUT2D eigenvalue weighted by Gasteiger charge is -2.22. The molecule has 2 amide bonds. The number of carbonyl (C=O) groups excluding carboxylic acids is 2. The number of carbonyl (C=O) groups is 2. The van der Waals surface area contributed by atoms with E-state index in [1.165, 1.54) is 11.3 Å². The lowest BCUT2D eigenvalue weighted by atomic mass is 10.1. The molecule has 1 aliphatic heterocycles. The number of benzene rings is 2. The molecule has 8 heteroatoms. The third kappa shape index (κ3) is 5.17. The van der Waals surface area contributed by atoms with Crippen molar-refractivity contribution in [2.24, 2.45) is 0 Å². The number of methoxy groups -OCH3 is 1. The van der Waals surface area contributed by atoms with Crippen LogP contribution < -0.4 is 9.47 Å². The van der Waals surface area contributed by atoms with Crippen molar-refractivity contribution in [2.45, 2.75) is 13.3 Å². The van der Waals surface area contributed by atoms with E-state index in [1.807, 2.05) is 43.3 Å². The smallest absolute Gasteiger partial charge is 0.273 e. The van der Waals surface area contributed by atoms with Gasteiger partial charge in [-0.2, -0.15) is 0 Å². The summed E-state index contributed by atoms with van der Waals surface area (Å²) in [4.78, 5) is 34.3. The van der Waals surface area contributed by atoms with Crippen LogP contribution in [0.2, 0.25) is 0 Å². The molecule has 1 saturated heterocycles. The van der Waals surface area contributed by atoms with Crippen LogP contribution in [-0.4, -0.2) is 66.5 Å². The van der Waals surface area contributed by atoms with Gasteiger partial charge in [0.25, 0.3) is 11.8 Å². The molecule has 0 aliphatic carbocycles. The second-order valence-corrected chi connectivity index (χ2v) is 8.49. The molecular weight excluding hydrogens is 438 g/mol. The van der Waals surface area contributed by atoms with Gasteiger partial charge in [0, 0.05) is 37.1 Å². The molecule has 0 spiro atoms. The highest BCUT2D eigenvalue weighted by molar-refractivity contribution is 7.13. The van der Waals surface area contributed by atoms with Crippen molar-refractivity contribution >= 4 is 23.2 Å². The first-order chi connectivity index (χ1) is 16.1. The standard InChI is InChI=1S/C25H27N3O4S/c1-3-32-19-11-9-18(10-12-19)23-26-21(17-33-23)25(30)28-14-6-13-27(15-16-28)24(29)20-7-4-5-8-22(20)31-2/h4-5,7-12,17H,3,6,13-16H2,1-2H3. The predicted molar refractivity (Wildman–Crippen MR) is 128 cm³/mol. The predicted octanol–water partition coefficient (Wildman–Crippen LogP) is 4.21. The van der Waals surface area contributed by atoms with Crippen molar-refractivity contribution in [3.8, 4) is 22.1 Å². The molecule has 33 heavy (non-hydrogen) atoms. The quantitative estimate of drug-likeness (QED) is 0.546. The van der Waals surface area contributed by atoms with Crippen LogP contribution in [0, 0.1) is 0 Å². The maximum absolute atomic E-state index is 13.1. The van der Waals surface area contributed by atoms with E-state index in [2.05, 4.69) is 4.98 Å². The third-order valence-electron chi connectivity index (χ3n) is 5.54. The Labute approximate surface area is 197 Å². The number of amides is 2. The summed E-state index contributed by atoms with van der Waals surface area (Å²) in [5.74, 6) is 1.19. The van der Waals surface area contributed by atoms with Crippen molar-refractivity contribution in [3.05, 3.63) is 65.2 Å². The van der Waals surface area contributed by atoms with E-state index >= 15 is 0 Å². The fraction of sp³-hybridized carbons (Fsp3) is 0.320. The van der Waals surface area contributed by atoms with Crippen molar-refractivity contribution in [3.63, 3.8) is 0 Å². The zero-order valence-electron chi connectivity index (χ0n) is 18.8. The molecule has 0 radical (unpaired) electrons. The van der Waals surface area contributed by atoms with Gasteiger partial charge >= 0.3 is 0 Å². The molecule has 1 aromatic heterocycles. The lowest BCUT2D eigenvalue weighted by Crippen LogP contribution is -2.37. The van der Waals surface area contributed by atoms with Gasteiger partial charge in [0.2, 0.25) is 0 Å². The molecule has 0 saturated carbocycles. The van der Waals surface area contributed by atoms with E-state index in [9.17, 15) is 9.59 Å². The van der Waals surface area contributed by atoms with Crippen molar-refractivity contribution in [2.75, 3.05) is 39.9 Å². The van der Waals surface area contributed by atoms with E-state index < -0.39 is 0 Å². The molecule has 4 rings (SSSR count). The Morgan fingerprint density at radius 1 is 0.970 bits per heavy atom. The molecule has 7 nitrogen and oxygen atoms in total. The first kappa shape index (κ1) is 22.8. The van der Waals surface area contributed by atoms with Gasteiger partial charge in [0.05, 0.1) is 19.3 Å². The largest absolute Gasteiger partial charge is 0.496 e. The Hall–Kier alpha value is -3.39. The molecule has 0 N–H and O–H groups in total. The zero-order chi connectivity index (χ0) is 23.2. The number of para-hydroxylation sites is 1. The second-order valence-electron chi connectivity index (χ2n) is 7.63. The van der Waals surface area contributed by atoms with Crippen LogP contribution >= 0.6 is 11.3 Å². The van der Waals surface area contributed by atoms with Gasteiger partial charge in [-0.3, -0.25) is 9.59 Å². The Morgan fingerprint density at radius 3 is 2.36 bits per heavy atom. The van der Waals surface area contributed by atoms with Crippen molar-refractivity contribution in [1.82, 2.24) is 14.8 Å². The molecule has 1 fully saturated rings. The molecule has 3 aromatic rings. The minimum Gasteiger partial charge on any atom is -0.496 e. The summed E-state index contributed by atoms with van der Waals surface area (Å²) in [6.07, 6.45) is 0.711. The monoisotopic (exact) mass is 465 g/mol. The SMILES string of the molecule is CCOc1ccc(-c2nc(C(=O)N3CCCN(C(=O)c4ccccc4OC)CC3)cs2)cc1. The van der Waals surface area contributed by atoms with E-state index in [0.29, 0.717) is 56.2 Å². The van der Waals surface area contributed by atoms with Crippen LogP contribution in [0.25, 0.3) is 10.6 Å². The van der Waals surface area contributed by atoms with Gasteiger partial charge in [-0.1, -0.05) is 12.1 Å². The number of rotatable bonds is 6. The Bertz CT molecular complexity index is 1110. The van der Waals surface area contributed by atoms with Crippen LogP contribution in [0.15, 0.2) is 53.9 Å². The summed E-state index contributed by atoms with van der Waals surface area (Å²) in [5, 5.41) is 2.60. The molecule has 2 aromatic carbocycles. The molecule has 2 heterocycles. The van der Waals surface area contributed by atoms with Crippen LogP contribution in [0.5, 0.6) is 11.5 Å². The molecule has 0 atom stereocenters. The van der Waals surface area contributed by atoms with Crippen molar-refractivity contribution in [1.29, 1.82) is 0 Å². The molecule has 1 aliphatic rings. The minimum absolute atomic E-state index is 0.0757. The summed E-state index contributed by atoms with van der Waals surface area (Å²) in [6, 6.07) is 14.9. The Kier molecular flexibility index (Phi) is 7.24. The highest BCUT2D eigenvalue weighted by atomic mass is 32.1. The first-order valence-electron chi connectivity index (χ1n) is 11.0. The molecule has 0 unspecified atom stereocenters. The topological polar surface area (TPSA) is 72.0 Å². The normalized spacial score (nSPS) is 14.0. The maximum atomic E-state index is 13.1. The lowest BCUT2D eigenvalue weighted by molar-refractivity contribution is 0.0714. The van der Waals surface area contributed by atoms with Gasteiger partial charge in [-0.15, -0.1) is 11.3 Å². The summed E-state index contributed by atoms with van der Waals surface area (Å²) >= 11 is 1.45. The highest BCUT2D eigenvalue weighted by Crippen LogP contribution is 2.27. The van der Waals surface area contributed by atoms with E-state index in [1.54, 1.807) is 34.4 Å². The highest BCUT2D eigenvalue weighted by Gasteiger charge is 2.26. The van der Waals surface area contributed by atoms with Crippen LogP contribution in [0.3, 0.4) is 0 Å². The fourth-order valence-corrected chi connectivity index (χ4v) is 4.64. The Balaban J connectivity index is 1.41. The van der Waals surface area contributed by atoms with Gasteiger partial charge in [-0.05, 0) is 49.7 Å². The average molecular weight is 466 g/mol. The fourth-order valence-electron chi connectivity index (χ4n) is 3.84. The van der Waals surface area contributed by atoms with E-state index in [0.717, 1.165) is 16.3 Å². The zero-order valence-corrected chi connectivity index (χ0v) is 19.6. The molecule has 0 bridgehead atoms. The number of nitrogens with zero attached hydrogens (tertiary/aromatic N) is 3. The van der Waals surface area contributed by atoms with Gasteiger partial charge in [0.15, 0.2) is 0 Å². The van der Waals surface area contributed by atoms with Crippen LogP contribution in [0.1, 0.15) is 34.2 Å². The molecule has 172 valence electrons. The summed E-state index contributed by atoms with van der Waals surface area (Å²) < 4.78 is 10.8. The first-order valence-corrected chi connectivity index (χ1v) is 11.9. The Morgan fingerprint density at radius 2 is 1.67 bits per heavy atom. The minimum atomic E-state index is -0.102. The number of ether oxygens (including phenoxy) is 2. The van der Waals surface area contributed by atoms with E-state index in [-0.39, 0.29) is 11.8 Å². The van der Waals surface area contributed by atoms with E-state index in [4.69, 9.17) is 9.47 Å². The number of aromatic nitrogens is 1. The van der Waals surface area contributed by atoms with Crippen LogP contribution in [-0.2, 0) is 0 Å². The maximum Gasteiger partial charge on any atom is 0.273 e. The van der Waals surface area contributed by atoms with Gasteiger partial charge in [0.1, 0.15) is 22.2 Å². The summed E-state index contributed by atoms with van der Waals surface area (Å²) in [6.45, 7) is 4.68. The van der Waals surface area contributed by atoms with Crippen LogP contribution in [0.4, 0.5) is 0 Å².